The maximum atomic E-state index is 13.2. The van der Waals surface area contributed by atoms with Crippen LogP contribution in [-0.2, 0) is 6.54 Å². The first kappa shape index (κ1) is 14.2. The molecular formula is C16H19FN2O2. The van der Waals surface area contributed by atoms with Gasteiger partial charge in [-0.1, -0.05) is 6.07 Å². The van der Waals surface area contributed by atoms with Crippen molar-refractivity contribution in [1.82, 2.24) is 9.88 Å². The predicted octanol–water partition coefficient (Wildman–Crippen LogP) is 2.68. The predicted molar refractivity (Wildman–Crippen MR) is 77.0 cm³/mol. The molecule has 1 saturated heterocycles. The zero-order valence-corrected chi connectivity index (χ0v) is 12.0. The molecule has 1 aliphatic heterocycles. The van der Waals surface area contributed by atoms with Crippen molar-refractivity contribution in [2.75, 3.05) is 13.1 Å². The van der Waals surface area contributed by atoms with Crippen LogP contribution in [0.2, 0.25) is 0 Å². The summed E-state index contributed by atoms with van der Waals surface area (Å²) >= 11 is 0. The quantitative estimate of drug-likeness (QED) is 0.940. The van der Waals surface area contributed by atoms with Crippen molar-refractivity contribution in [2.45, 2.75) is 26.0 Å². The molecule has 2 aromatic rings. The van der Waals surface area contributed by atoms with Crippen molar-refractivity contribution in [3.05, 3.63) is 42.0 Å². The molecule has 5 heteroatoms. The number of aliphatic hydroxyl groups is 1. The third kappa shape index (κ3) is 3.31. The molecule has 3 rings (SSSR count). The van der Waals surface area contributed by atoms with Crippen LogP contribution in [0, 0.1) is 11.7 Å². The van der Waals surface area contributed by atoms with E-state index in [1.165, 1.54) is 12.1 Å². The third-order valence-corrected chi connectivity index (χ3v) is 4.00. The van der Waals surface area contributed by atoms with E-state index in [1.807, 2.05) is 6.92 Å². The second-order valence-electron chi connectivity index (χ2n) is 5.68. The van der Waals surface area contributed by atoms with E-state index >= 15 is 0 Å². The Bertz CT molecular complexity index is 612. The number of nitrogens with zero attached hydrogens (tertiary/aromatic N) is 2. The van der Waals surface area contributed by atoms with Gasteiger partial charge >= 0.3 is 0 Å². The molecule has 0 spiro atoms. The highest BCUT2D eigenvalue weighted by atomic mass is 19.1. The van der Waals surface area contributed by atoms with Crippen LogP contribution in [0.15, 0.2) is 34.9 Å². The number of benzene rings is 1. The monoisotopic (exact) mass is 290 g/mol. The van der Waals surface area contributed by atoms with Gasteiger partial charge in [0.05, 0.1) is 11.8 Å². The number of halogens is 1. The number of hydrogen-bond donors (Lipinski definition) is 1. The molecule has 0 radical (unpaired) electrons. The topological polar surface area (TPSA) is 49.5 Å². The van der Waals surface area contributed by atoms with Crippen LogP contribution in [0.3, 0.4) is 0 Å². The minimum Gasteiger partial charge on any atom is -0.444 e. The summed E-state index contributed by atoms with van der Waals surface area (Å²) in [4.78, 5) is 6.67. The second-order valence-corrected chi connectivity index (χ2v) is 5.68. The van der Waals surface area contributed by atoms with Crippen molar-refractivity contribution in [2.24, 2.45) is 5.92 Å². The van der Waals surface area contributed by atoms with Crippen molar-refractivity contribution in [3.63, 3.8) is 0 Å². The average molecular weight is 290 g/mol. The fraction of sp³-hybridized carbons (Fsp3) is 0.438. The molecule has 2 atom stereocenters. The Morgan fingerprint density at radius 3 is 3.10 bits per heavy atom. The summed E-state index contributed by atoms with van der Waals surface area (Å²) in [5.41, 5.74) is 1.48. The molecule has 2 unspecified atom stereocenters. The van der Waals surface area contributed by atoms with E-state index in [9.17, 15) is 9.50 Å². The minimum atomic E-state index is -0.299. The van der Waals surface area contributed by atoms with Gasteiger partial charge in [0.2, 0.25) is 5.89 Å². The fourth-order valence-corrected chi connectivity index (χ4v) is 2.76. The first-order valence-corrected chi connectivity index (χ1v) is 7.22. The van der Waals surface area contributed by atoms with Gasteiger partial charge in [-0.05, 0) is 44.0 Å². The van der Waals surface area contributed by atoms with E-state index in [0.717, 1.165) is 25.2 Å². The molecule has 0 bridgehead atoms. The Labute approximate surface area is 123 Å². The lowest BCUT2D eigenvalue weighted by Gasteiger charge is -2.15. The van der Waals surface area contributed by atoms with E-state index in [2.05, 4.69) is 9.88 Å². The lowest BCUT2D eigenvalue weighted by atomic mass is 10.0. The van der Waals surface area contributed by atoms with Crippen LogP contribution in [-0.4, -0.2) is 34.2 Å². The molecule has 21 heavy (non-hydrogen) atoms. The average Bonchev–Trinajstić information content (AvgIpc) is 3.08. The number of hydrogen-bond acceptors (Lipinski definition) is 4. The van der Waals surface area contributed by atoms with E-state index in [0.29, 0.717) is 23.9 Å². The summed E-state index contributed by atoms with van der Waals surface area (Å²) in [6.45, 7) is 4.37. The number of likely N-dealkylation sites (tertiary alicyclic amines) is 1. The summed E-state index contributed by atoms with van der Waals surface area (Å²) in [6.07, 6.45) is 2.36. The van der Waals surface area contributed by atoms with Crippen LogP contribution < -0.4 is 0 Å². The highest BCUT2D eigenvalue weighted by Crippen LogP contribution is 2.23. The molecule has 1 fully saturated rings. The van der Waals surface area contributed by atoms with Crippen LogP contribution in [0.4, 0.5) is 4.39 Å². The smallest absolute Gasteiger partial charge is 0.226 e. The van der Waals surface area contributed by atoms with Gasteiger partial charge in [-0.15, -0.1) is 0 Å². The van der Waals surface area contributed by atoms with E-state index < -0.39 is 0 Å². The summed E-state index contributed by atoms with van der Waals surface area (Å²) in [7, 11) is 0. The molecule has 0 aliphatic carbocycles. The van der Waals surface area contributed by atoms with Gasteiger partial charge in [0.15, 0.2) is 0 Å². The maximum absolute atomic E-state index is 13.2. The number of aromatic nitrogens is 1. The Kier molecular flexibility index (Phi) is 4.03. The molecule has 4 nitrogen and oxygen atoms in total. The van der Waals surface area contributed by atoms with E-state index in [4.69, 9.17) is 4.42 Å². The van der Waals surface area contributed by atoms with E-state index in [-0.39, 0.29) is 11.9 Å². The highest BCUT2D eigenvalue weighted by molar-refractivity contribution is 5.52. The Balaban J connectivity index is 1.66. The second kappa shape index (κ2) is 5.95. The highest BCUT2D eigenvalue weighted by Gasteiger charge is 2.26. The normalized spacial score (nSPS) is 20.8. The van der Waals surface area contributed by atoms with Crippen molar-refractivity contribution < 1.29 is 13.9 Å². The SMILES string of the molecule is CC(O)C1CCN(Cc2coc(-c3cccc(F)c3)n2)C1. The van der Waals surface area contributed by atoms with Crippen molar-refractivity contribution in [3.8, 4) is 11.5 Å². The summed E-state index contributed by atoms with van der Waals surface area (Å²) in [5, 5.41) is 9.62. The van der Waals surface area contributed by atoms with Crippen LogP contribution >= 0.6 is 0 Å². The Morgan fingerprint density at radius 2 is 2.38 bits per heavy atom. The zero-order valence-electron chi connectivity index (χ0n) is 12.0. The Morgan fingerprint density at radius 1 is 1.52 bits per heavy atom. The summed E-state index contributed by atoms with van der Waals surface area (Å²) < 4.78 is 18.6. The lowest BCUT2D eigenvalue weighted by molar-refractivity contribution is 0.127. The van der Waals surface area contributed by atoms with Gasteiger partial charge in [-0.2, -0.15) is 0 Å². The molecular weight excluding hydrogens is 271 g/mol. The maximum Gasteiger partial charge on any atom is 0.226 e. The molecule has 1 aliphatic rings. The number of oxazole rings is 1. The van der Waals surface area contributed by atoms with Gasteiger partial charge in [0.1, 0.15) is 12.1 Å². The van der Waals surface area contributed by atoms with Gasteiger partial charge in [-0.25, -0.2) is 9.37 Å². The molecule has 0 amide bonds. The van der Waals surface area contributed by atoms with Gasteiger partial charge in [0.25, 0.3) is 0 Å². The van der Waals surface area contributed by atoms with Gasteiger partial charge in [0, 0.05) is 18.7 Å². The van der Waals surface area contributed by atoms with E-state index in [1.54, 1.807) is 18.4 Å². The largest absolute Gasteiger partial charge is 0.444 e. The van der Waals surface area contributed by atoms with Crippen LogP contribution in [0.25, 0.3) is 11.5 Å². The molecule has 0 saturated carbocycles. The zero-order chi connectivity index (χ0) is 14.8. The van der Waals surface area contributed by atoms with Gasteiger partial charge in [-0.3, -0.25) is 4.90 Å². The molecule has 2 heterocycles. The molecule has 1 N–H and O–H groups in total. The van der Waals surface area contributed by atoms with Crippen molar-refractivity contribution >= 4 is 0 Å². The third-order valence-electron chi connectivity index (χ3n) is 4.00. The molecule has 1 aromatic carbocycles. The van der Waals surface area contributed by atoms with Crippen molar-refractivity contribution in [1.29, 1.82) is 0 Å². The summed E-state index contributed by atoms with van der Waals surface area (Å²) in [5.74, 6) is 0.474. The van der Waals surface area contributed by atoms with Gasteiger partial charge < -0.3 is 9.52 Å². The molecule has 112 valence electrons. The van der Waals surface area contributed by atoms with Crippen LogP contribution in [0.5, 0.6) is 0 Å². The number of rotatable bonds is 4. The number of aliphatic hydroxyl groups excluding tert-OH is 1. The minimum absolute atomic E-state index is 0.268. The molecule has 1 aromatic heterocycles. The summed E-state index contributed by atoms with van der Waals surface area (Å²) in [6, 6.07) is 6.23. The Hall–Kier alpha value is -1.72. The van der Waals surface area contributed by atoms with Crippen LogP contribution in [0.1, 0.15) is 19.0 Å². The fourth-order valence-electron chi connectivity index (χ4n) is 2.76. The first-order chi connectivity index (χ1) is 10.1. The first-order valence-electron chi connectivity index (χ1n) is 7.22. The standard InChI is InChI=1S/C16H19FN2O2/c1-11(20)13-5-6-19(8-13)9-15-10-21-16(18-15)12-3-2-4-14(17)7-12/h2-4,7,10-11,13,20H,5-6,8-9H2,1H3. The lowest BCUT2D eigenvalue weighted by Crippen LogP contribution is -2.24.